The van der Waals surface area contributed by atoms with E-state index in [0.29, 0.717) is 5.13 Å². The Morgan fingerprint density at radius 3 is 2.87 bits per heavy atom. The summed E-state index contributed by atoms with van der Waals surface area (Å²) in [5.74, 6) is 0. The van der Waals surface area contributed by atoms with E-state index < -0.39 is 11.4 Å². The van der Waals surface area contributed by atoms with Gasteiger partial charge in [0, 0.05) is 16.8 Å². The number of nitrogens with one attached hydrogen (secondary N) is 2. The molecule has 23 heavy (non-hydrogen) atoms. The number of nitrogens with zero attached hydrogens (tertiary/aromatic N) is 1. The number of thiophene rings is 1. The van der Waals surface area contributed by atoms with E-state index in [4.69, 9.17) is 5.73 Å². The molecule has 0 amide bonds. The van der Waals surface area contributed by atoms with Crippen molar-refractivity contribution in [3.63, 3.8) is 0 Å². The van der Waals surface area contributed by atoms with Crippen molar-refractivity contribution in [1.29, 1.82) is 0 Å². The molecular weight excluding hydrogens is 348 g/mol. The van der Waals surface area contributed by atoms with Crippen molar-refractivity contribution in [3.05, 3.63) is 47.2 Å². The lowest BCUT2D eigenvalue weighted by atomic mass is 10.2. The minimum absolute atomic E-state index is 0.538. The van der Waals surface area contributed by atoms with Gasteiger partial charge in [-0.3, -0.25) is 0 Å². The summed E-state index contributed by atoms with van der Waals surface area (Å²) in [6.07, 6.45) is 0. The molecule has 3 aromatic heterocycles. The largest absolute Gasteiger partial charge is 0.587 e. The molecule has 0 spiro atoms. The van der Waals surface area contributed by atoms with Crippen LogP contribution in [-0.4, -0.2) is 14.5 Å². The van der Waals surface area contributed by atoms with Gasteiger partial charge in [-0.2, -0.15) is 0 Å². The number of benzene rings is 1. The Balaban J connectivity index is 1.71. The first-order valence-electron chi connectivity index (χ1n) is 6.76. The molecule has 0 bridgehead atoms. The van der Waals surface area contributed by atoms with E-state index in [0.717, 1.165) is 32.2 Å². The van der Waals surface area contributed by atoms with Gasteiger partial charge < -0.3 is 15.3 Å². The van der Waals surface area contributed by atoms with E-state index in [2.05, 4.69) is 14.7 Å². The standard InChI is InChI=1S/C15H12N4OS3/c16-15-18-12(8-22-15)11-7-9-3-1-4-10(14(9)17-11)19-23(20)13-5-2-6-21-13/h1-8,17,19H,(H2,16,18). The number of hydrogen-bond donors (Lipinski definition) is 3. The van der Waals surface area contributed by atoms with Gasteiger partial charge >= 0.3 is 0 Å². The highest BCUT2D eigenvalue weighted by atomic mass is 32.2. The van der Waals surface area contributed by atoms with Gasteiger partial charge in [-0.25, -0.2) is 9.71 Å². The molecule has 0 fully saturated rings. The molecule has 0 saturated heterocycles. The molecule has 8 heteroatoms. The van der Waals surface area contributed by atoms with E-state index in [-0.39, 0.29) is 0 Å². The zero-order chi connectivity index (χ0) is 15.8. The van der Waals surface area contributed by atoms with Crippen LogP contribution in [0.5, 0.6) is 0 Å². The number of nitrogens with two attached hydrogens (primary N) is 1. The minimum Gasteiger partial charge on any atom is -0.587 e. The highest BCUT2D eigenvalue weighted by Gasteiger charge is 2.16. The molecule has 4 aromatic rings. The lowest BCUT2D eigenvalue weighted by Gasteiger charge is -2.10. The highest BCUT2D eigenvalue weighted by molar-refractivity contribution is 7.94. The Morgan fingerprint density at radius 2 is 2.13 bits per heavy atom. The van der Waals surface area contributed by atoms with Crippen LogP contribution in [0.4, 0.5) is 10.8 Å². The van der Waals surface area contributed by atoms with Crippen molar-refractivity contribution in [2.45, 2.75) is 4.21 Å². The SMILES string of the molecule is Nc1nc(-c2cc3cccc(N[S+]([O-])c4cccs4)c3[nH]2)cs1. The van der Waals surface area contributed by atoms with Crippen LogP contribution in [0, 0.1) is 0 Å². The first kappa shape index (κ1) is 14.6. The molecule has 0 aliphatic carbocycles. The number of hydrogen-bond acceptors (Lipinski definition) is 6. The predicted octanol–water partition coefficient (Wildman–Crippen LogP) is 4.07. The molecule has 116 valence electrons. The van der Waals surface area contributed by atoms with E-state index >= 15 is 0 Å². The van der Waals surface area contributed by atoms with Crippen LogP contribution in [0.15, 0.2) is 51.4 Å². The summed E-state index contributed by atoms with van der Waals surface area (Å²) in [4.78, 5) is 7.63. The second-order valence-corrected chi connectivity index (χ2v) is 8.10. The summed E-state index contributed by atoms with van der Waals surface area (Å²) in [6, 6.07) is 11.6. The molecule has 1 atom stereocenters. The fourth-order valence-electron chi connectivity index (χ4n) is 2.31. The molecule has 1 unspecified atom stereocenters. The number of aromatic nitrogens is 2. The topological polar surface area (TPSA) is 89.8 Å². The zero-order valence-corrected chi connectivity index (χ0v) is 14.2. The number of para-hydroxylation sites is 1. The van der Waals surface area contributed by atoms with Crippen molar-refractivity contribution in [3.8, 4) is 11.4 Å². The fraction of sp³-hybridized carbons (Fsp3) is 0. The van der Waals surface area contributed by atoms with Crippen LogP contribution in [-0.2, 0) is 11.4 Å². The Labute approximate surface area is 143 Å². The van der Waals surface area contributed by atoms with Gasteiger partial charge in [-0.05, 0) is 23.6 Å². The summed E-state index contributed by atoms with van der Waals surface area (Å²) in [5.41, 5.74) is 9.11. The van der Waals surface area contributed by atoms with Crippen molar-refractivity contribution < 1.29 is 4.55 Å². The van der Waals surface area contributed by atoms with Gasteiger partial charge in [0.15, 0.2) is 5.13 Å². The molecule has 3 heterocycles. The summed E-state index contributed by atoms with van der Waals surface area (Å²) in [6.45, 7) is 0. The summed E-state index contributed by atoms with van der Waals surface area (Å²) in [7, 11) is 0. The molecule has 0 radical (unpaired) electrons. The van der Waals surface area contributed by atoms with E-state index in [1.807, 2.05) is 47.2 Å². The lowest BCUT2D eigenvalue weighted by molar-refractivity contribution is 0.602. The highest BCUT2D eigenvalue weighted by Crippen LogP contribution is 2.31. The summed E-state index contributed by atoms with van der Waals surface area (Å²) < 4.78 is 16.2. The van der Waals surface area contributed by atoms with Gasteiger partial charge in [-0.15, -0.1) is 11.3 Å². The van der Waals surface area contributed by atoms with E-state index in [1.165, 1.54) is 22.7 Å². The first-order chi connectivity index (χ1) is 11.2. The minimum atomic E-state index is -1.28. The van der Waals surface area contributed by atoms with Crippen LogP contribution in [0.25, 0.3) is 22.3 Å². The van der Waals surface area contributed by atoms with Crippen molar-refractivity contribution >= 4 is 55.8 Å². The maximum atomic E-state index is 12.4. The molecular formula is C15H12N4OS3. The molecule has 1 aromatic carbocycles. The first-order valence-corrected chi connectivity index (χ1v) is 9.66. The third kappa shape index (κ3) is 2.81. The van der Waals surface area contributed by atoms with Gasteiger partial charge in [-0.1, -0.05) is 23.5 Å². The van der Waals surface area contributed by atoms with E-state index in [9.17, 15) is 4.55 Å². The molecule has 4 N–H and O–H groups in total. The predicted molar refractivity (Wildman–Crippen MR) is 98.2 cm³/mol. The fourth-order valence-corrected chi connectivity index (χ4v) is 4.64. The van der Waals surface area contributed by atoms with E-state index in [1.54, 1.807) is 0 Å². The normalized spacial score (nSPS) is 12.6. The molecule has 4 rings (SSSR count). The van der Waals surface area contributed by atoms with Gasteiger partial charge in [0.25, 0.3) is 0 Å². The van der Waals surface area contributed by atoms with Crippen molar-refractivity contribution in [2.75, 3.05) is 10.5 Å². The third-order valence-corrected chi connectivity index (χ3v) is 6.32. The monoisotopic (exact) mass is 360 g/mol. The maximum absolute atomic E-state index is 12.4. The Bertz CT molecular complexity index is 945. The maximum Gasteiger partial charge on any atom is 0.233 e. The Hall–Kier alpha value is -2.00. The van der Waals surface area contributed by atoms with Crippen LogP contribution >= 0.6 is 22.7 Å². The molecule has 5 nitrogen and oxygen atoms in total. The smallest absolute Gasteiger partial charge is 0.233 e. The second kappa shape index (κ2) is 5.89. The van der Waals surface area contributed by atoms with Crippen LogP contribution in [0.3, 0.4) is 0 Å². The van der Waals surface area contributed by atoms with Gasteiger partial charge in [0.1, 0.15) is 17.0 Å². The average Bonchev–Trinajstić information content (AvgIpc) is 3.27. The molecule has 0 aliphatic heterocycles. The summed E-state index contributed by atoms with van der Waals surface area (Å²) >= 11 is 1.60. The van der Waals surface area contributed by atoms with Crippen molar-refractivity contribution in [2.24, 2.45) is 0 Å². The second-order valence-electron chi connectivity index (χ2n) is 4.83. The molecule has 0 saturated carbocycles. The van der Waals surface area contributed by atoms with Crippen LogP contribution < -0.4 is 10.5 Å². The number of H-pyrrole nitrogens is 1. The zero-order valence-electron chi connectivity index (χ0n) is 11.8. The Kier molecular flexibility index (Phi) is 3.74. The Morgan fingerprint density at radius 1 is 1.22 bits per heavy atom. The lowest BCUT2D eigenvalue weighted by Crippen LogP contribution is -2.11. The average molecular weight is 360 g/mol. The quantitative estimate of drug-likeness (QED) is 0.479. The van der Waals surface area contributed by atoms with Crippen LogP contribution in [0.1, 0.15) is 0 Å². The van der Waals surface area contributed by atoms with Gasteiger partial charge in [0.2, 0.25) is 4.21 Å². The molecule has 0 aliphatic rings. The van der Waals surface area contributed by atoms with Crippen molar-refractivity contribution in [1.82, 2.24) is 9.97 Å². The number of aromatic amines is 1. The van der Waals surface area contributed by atoms with Gasteiger partial charge in [0.05, 0.1) is 16.9 Å². The summed E-state index contributed by atoms with van der Waals surface area (Å²) in [5, 5.41) is 5.39. The third-order valence-electron chi connectivity index (χ3n) is 3.33. The number of rotatable bonds is 4. The number of thiazole rings is 1. The number of nitrogen functional groups attached to an aromatic ring is 1. The number of anilines is 2. The van der Waals surface area contributed by atoms with Crippen LogP contribution in [0.2, 0.25) is 0 Å². The number of fused-ring (bicyclic) bond motifs is 1.